The third kappa shape index (κ3) is 13.0. The van der Waals surface area contributed by atoms with Crippen molar-refractivity contribution in [1.82, 2.24) is 5.32 Å². The van der Waals surface area contributed by atoms with Crippen molar-refractivity contribution in [3.63, 3.8) is 0 Å². The molecule has 0 aliphatic heterocycles. The van der Waals surface area contributed by atoms with Gasteiger partial charge >= 0.3 is 0 Å². The highest BCUT2D eigenvalue weighted by molar-refractivity contribution is 9.10. The lowest BCUT2D eigenvalue weighted by Gasteiger charge is -2.28. The van der Waals surface area contributed by atoms with E-state index in [9.17, 15) is 4.79 Å². The molecular formula is C22H34BrCl3N2O. The van der Waals surface area contributed by atoms with Crippen LogP contribution in [-0.2, 0) is 4.79 Å². The zero-order chi connectivity index (χ0) is 21.5. The molecule has 0 aliphatic carbocycles. The molecule has 0 saturated heterocycles. The van der Waals surface area contributed by atoms with Gasteiger partial charge in [-0.25, -0.2) is 0 Å². The molecule has 1 aromatic rings. The fourth-order valence-corrected chi connectivity index (χ4v) is 3.84. The number of carbonyl (C=O) groups is 1. The van der Waals surface area contributed by atoms with Crippen molar-refractivity contribution >= 4 is 62.3 Å². The van der Waals surface area contributed by atoms with Gasteiger partial charge < -0.3 is 10.6 Å². The summed E-state index contributed by atoms with van der Waals surface area (Å²) in [5.74, 6) is -0.114. The molecule has 29 heavy (non-hydrogen) atoms. The van der Waals surface area contributed by atoms with Crippen LogP contribution in [0, 0.1) is 0 Å². The number of anilines is 1. The lowest BCUT2D eigenvalue weighted by molar-refractivity contribution is -0.121. The van der Waals surface area contributed by atoms with E-state index < -0.39 is 9.96 Å². The highest BCUT2D eigenvalue weighted by atomic mass is 79.9. The molecule has 2 N–H and O–H groups in total. The Morgan fingerprint density at radius 3 is 1.97 bits per heavy atom. The van der Waals surface area contributed by atoms with E-state index in [-0.39, 0.29) is 5.91 Å². The monoisotopic (exact) mass is 526 g/mol. The maximum Gasteiger partial charge on any atom is 0.228 e. The second-order valence-corrected chi connectivity index (χ2v) is 10.7. The van der Waals surface area contributed by atoms with Crippen molar-refractivity contribution in [3.05, 3.63) is 28.7 Å². The Bertz CT molecular complexity index is 581. The lowest BCUT2D eigenvalue weighted by atomic mass is 10.1. The smallest absolute Gasteiger partial charge is 0.228 e. The van der Waals surface area contributed by atoms with Gasteiger partial charge in [0.15, 0.2) is 0 Å². The van der Waals surface area contributed by atoms with Gasteiger partial charge in [-0.1, -0.05) is 118 Å². The van der Waals surface area contributed by atoms with Gasteiger partial charge in [-0.05, 0) is 34.5 Å². The van der Waals surface area contributed by atoms with Gasteiger partial charge in [0.25, 0.3) is 0 Å². The maximum atomic E-state index is 12.3. The van der Waals surface area contributed by atoms with Crippen molar-refractivity contribution in [1.29, 1.82) is 0 Å². The molecule has 1 aromatic carbocycles. The van der Waals surface area contributed by atoms with E-state index in [1.54, 1.807) is 0 Å². The molecule has 1 unspecified atom stereocenters. The fourth-order valence-electron chi connectivity index (χ4n) is 3.12. The molecular weight excluding hydrogens is 495 g/mol. The van der Waals surface area contributed by atoms with E-state index in [1.165, 1.54) is 57.8 Å². The quantitative estimate of drug-likeness (QED) is 0.136. The van der Waals surface area contributed by atoms with Crippen LogP contribution < -0.4 is 10.6 Å². The van der Waals surface area contributed by atoms with Crippen molar-refractivity contribution in [2.24, 2.45) is 0 Å². The first-order valence-electron chi connectivity index (χ1n) is 10.7. The molecule has 0 fully saturated rings. The van der Waals surface area contributed by atoms with Crippen LogP contribution in [0.15, 0.2) is 28.7 Å². The van der Waals surface area contributed by atoms with Gasteiger partial charge in [0.2, 0.25) is 9.70 Å². The minimum Gasteiger partial charge on any atom is -0.361 e. The number of halogens is 4. The first kappa shape index (κ1) is 26.9. The third-order valence-electron chi connectivity index (χ3n) is 4.81. The number of hydrogen-bond donors (Lipinski definition) is 2. The summed E-state index contributed by atoms with van der Waals surface area (Å²) in [5.41, 5.74) is 0.749. The number of unbranched alkanes of at least 4 members (excludes halogenated alkanes) is 10. The number of carbonyl (C=O) groups excluding carboxylic acids is 1. The molecule has 1 amide bonds. The molecule has 166 valence electrons. The van der Waals surface area contributed by atoms with Gasteiger partial charge in [0.1, 0.15) is 6.17 Å². The number of benzene rings is 1. The van der Waals surface area contributed by atoms with E-state index in [4.69, 9.17) is 34.8 Å². The first-order valence-corrected chi connectivity index (χ1v) is 12.6. The number of rotatable bonds is 15. The van der Waals surface area contributed by atoms with Crippen LogP contribution in [0.4, 0.5) is 5.69 Å². The summed E-state index contributed by atoms with van der Waals surface area (Å²) in [6, 6.07) is 7.49. The molecule has 7 heteroatoms. The van der Waals surface area contributed by atoms with Crippen molar-refractivity contribution in [3.8, 4) is 0 Å². The van der Waals surface area contributed by atoms with Crippen LogP contribution >= 0.6 is 50.7 Å². The second kappa shape index (κ2) is 15.6. The number of hydrogen-bond acceptors (Lipinski definition) is 2. The first-order chi connectivity index (χ1) is 13.8. The maximum absolute atomic E-state index is 12.3. The topological polar surface area (TPSA) is 41.1 Å². The van der Waals surface area contributed by atoms with Crippen LogP contribution in [0.3, 0.4) is 0 Å². The predicted molar refractivity (Wildman–Crippen MR) is 131 cm³/mol. The molecule has 3 nitrogen and oxygen atoms in total. The van der Waals surface area contributed by atoms with Gasteiger partial charge in [-0.3, -0.25) is 4.79 Å². The van der Waals surface area contributed by atoms with Crippen molar-refractivity contribution in [2.75, 3.05) is 5.32 Å². The normalized spacial score (nSPS) is 12.6. The fraction of sp³-hybridized carbons (Fsp3) is 0.682. The Morgan fingerprint density at radius 2 is 1.45 bits per heavy atom. The standard InChI is InChI=1S/C22H34BrCl3N2O/c1-2-3-4-5-6-7-8-9-10-11-12-17-20(29)28-21(22(24,25)26)27-19-16-14-13-15-18(19)23/h13-16,21,27H,2-12,17H2,1H3,(H,28,29). The molecule has 0 saturated carbocycles. The van der Waals surface area contributed by atoms with Crippen LogP contribution in [0.5, 0.6) is 0 Å². The van der Waals surface area contributed by atoms with E-state index in [2.05, 4.69) is 33.5 Å². The van der Waals surface area contributed by atoms with E-state index in [0.717, 1.165) is 23.0 Å². The summed E-state index contributed by atoms with van der Waals surface area (Å²) in [4.78, 5) is 12.3. The number of alkyl halides is 3. The zero-order valence-electron chi connectivity index (χ0n) is 17.3. The average molecular weight is 529 g/mol. The largest absolute Gasteiger partial charge is 0.361 e. The molecule has 0 heterocycles. The van der Waals surface area contributed by atoms with Crippen LogP contribution in [0.1, 0.15) is 84.0 Å². The van der Waals surface area contributed by atoms with E-state index >= 15 is 0 Å². The minimum atomic E-state index is -1.66. The number of nitrogens with one attached hydrogen (secondary N) is 2. The highest BCUT2D eigenvalue weighted by Gasteiger charge is 2.34. The Balaban J connectivity index is 2.21. The molecule has 0 aromatic heterocycles. The summed E-state index contributed by atoms with van der Waals surface area (Å²) >= 11 is 21.6. The summed E-state index contributed by atoms with van der Waals surface area (Å²) in [7, 11) is 0. The van der Waals surface area contributed by atoms with E-state index in [0.29, 0.717) is 6.42 Å². The summed E-state index contributed by atoms with van der Waals surface area (Å²) in [6.07, 6.45) is 13.3. The van der Waals surface area contributed by atoms with Crippen molar-refractivity contribution in [2.45, 2.75) is 93.9 Å². The third-order valence-corrected chi connectivity index (χ3v) is 6.16. The van der Waals surface area contributed by atoms with E-state index in [1.807, 2.05) is 24.3 Å². The molecule has 0 bridgehead atoms. The minimum absolute atomic E-state index is 0.114. The SMILES string of the molecule is CCCCCCCCCCCCCC(=O)NC(Nc1ccccc1Br)C(Cl)(Cl)Cl. The molecule has 0 radical (unpaired) electrons. The summed E-state index contributed by atoms with van der Waals surface area (Å²) < 4.78 is -0.832. The highest BCUT2D eigenvalue weighted by Crippen LogP contribution is 2.32. The Hall–Kier alpha value is -0.160. The van der Waals surface area contributed by atoms with Gasteiger partial charge in [-0.15, -0.1) is 0 Å². The molecule has 0 aliphatic rings. The Kier molecular flexibility index (Phi) is 14.5. The van der Waals surface area contributed by atoms with Crippen molar-refractivity contribution < 1.29 is 4.79 Å². The van der Waals surface area contributed by atoms with Gasteiger partial charge in [-0.2, -0.15) is 0 Å². The zero-order valence-corrected chi connectivity index (χ0v) is 21.1. The number of amides is 1. The number of para-hydroxylation sites is 1. The van der Waals surface area contributed by atoms with Gasteiger partial charge in [0, 0.05) is 10.9 Å². The van der Waals surface area contributed by atoms with Gasteiger partial charge in [0.05, 0.1) is 5.69 Å². The average Bonchev–Trinajstić information content (AvgIpc) is 2.66. The lowest BCUT2D eigenvalue weighted by Crippen LogP contribution is -2.49. The summed E-state index contributed by atoms with van der Waals surface area (Å²) in [6.45, 7) is 2.25. The predicted octanol–water partition coefficient (Wildman–Crippen LogP) is 8.37. The molecule has 0 spiro atoms. The molecule has 1 atom stereocenters. The van der Waals surface area contributed by atoms with Crippen LogP contribution in [-0.4, -0.2) is 15.9 Å². The Labute approximate surface area is 199 Å². The second-order valence-electron chi connectivity index (χ2n) is 7.45. The Morgan fingerprint density at radius 1 is 0.931 bits per heavy atom. The summed E-state index contributed by atoms with van der Waals surface area (Å²) in [5, 5.41) is 5.89. The van der Waals surface area contributed by atoms with Crippen LogP contribution in [0.2, 0.25) is 0 Å². The molecule has 1 rings (SSSR count). The van der Waals surface area contributed by atoms with Crippen LogP contribution in [0.25, 0.3) is 0 Å².